The number of aryl methyl sites for hydroxylation is 3. The van der Waals surface area contributed by atoms with E-state index in [9.17, 15) is 4.79 Å². The van der Waals surface area contributed by atoms with E-state index >= 15 is 0 Å². The molecule has 2 N–H and O–H groups in total. The molecule has 5 rings (SSSR count). The van der Waals surface area contributed by atoms with Gasteiger partial charge in [0.05, 0.1) is 17.8 Å². The molecule has 1 amide bonds. The third-order valence-electron chi connectivity index (χ3n) is 7.09. The third kappa shape index (κ3) is 5.20. The van der Waals surface area contributed by atoms with Crippen molar-refractivity contribution in [1.29, 1.82) is 0 Å². The molecule has 1 saturated heterocycles. The van der Waals surface area contributed by atoms with Crippen LogP contribution in [0.3, 0.4) is 0 Å². The van der Waals surface area contributed by atoms with Gasteiger partial charge < -0.3 is 20.1 Å². The lowest BCUT2D eigenvalue weighted by Crippen LogP contribution is -2.32. The Balaban J connectivity index is 1.49. The molecule has 2 aromatic carbocycles. The fourth-order valence-electron chi connectivity index (χ4n) is 5.52. The van der Waals surface area contributed by atoms with Crippen LogP contribution in [-0.2, 0) is 4.79 Å². The van der Waals surface area contributed by atoms with Crippen LogP contribution in [0.15, 0.2) is 79.0 Å². The predicted molar refractivity (Wildman–Crippen MR) is 157 cm³/mol. The number of anilines is 1. The Bertz CT molecular complexity index is 1440. The summed E-state index contributed by atoms with van der Waals surface area (Å²) >= 11 is 5.84. The van der Waals surface area contributed by atoms with E-state index in [-0.39, 0.29) is 18.0 Å². The van der Waals surface area contributed by atoms with E-state index in [1.807, 2.05) is 54.7 Å². The van der Waals surface area contributed by atoms with Gasteiger partial charge in [-0.05, 0) is 99.1 Å². The highest BCUT2D eigenvalue weighted by Crippen LogP contribution is 2.41. The summed E-state index contributed by atoms with van der Waals surface area (Å²) in [6.45, 7) is 9.06. The Morgan fingerprint density at radius 3 is 2.37 bits per heavy atom. The summed E-state index contributed by atoms with van der Waals surface area (Å²) in [5.41, 5.74) is 8.82. The van der Waals surface area contributed by atoms with E-state index in [1.54, 1.807) is 0 Å². The Morgan fingerprint density at radius 2 is 1.68 bits per heavy atom. The van der Waals surface area contributed by atoms with E-state index in [4.69, 9.17) is 12.2 Å². The third-order valence-corrected chi connectivity index (χ3v) is 7.44. The van der Waals surface area contributed by atoms with Gasteiger partial charge in [-0.1, -0.05) is 30.3 Å². The second kappa shape index (κ2) is 10.8. The highest BCUT2D eigenvalue weighted by molar-refractivity contribution is 7.80. The van der Waals surface area contributed by atoms with Crippen molar-refractivity contribution in [2.24, 2.45) is 0 Å². The van der Waals surface area contributed by atoms with Gasteiger partial charge in [-0.3, -0.25) is 9.78 Å². The van der Waals surface area contributed by atoms with Crippen LogP contribution in [0.1, 0.15) is 52.3 Å². The molecule has 38 heavy (non-hydrogen) atoms. The van der Waals surface area contributed by atoms with Crippen molar-refractivity contribution in [1.82, 2.24) is 19.8 Å². The lowest BCUT2D eigenvalue weighted by molar-refractivity contribution is -0.116. The highest BCUT2D eigenvalue weighted by atomic mass is 32.1. The minimum absolute atomic E-state index is 0.0419. The maximum atomic E-state index is 12.8. The monoisotopic (exact) mass is 523 g/mol. The van der Waals surface area contributed by atoms with Crippen LogP contribution >= 0.6 is 12.2 Å². The molecule has 194 valence electrons. The summed E-state index contributed by atoms with van der Waals surface area (Å²) in [6.07, 6.45) is 2.13. The van der Waals surface area contributed by atoms with Crippen molar-refractivity contribution in [2.75, 3.05) is 11.9 Å². The molecule has 1 fully saturated rings. The number of pyridine rings is 1. The van der Waals surface area contributed by atoms with E-state index in [1.165, 1.54) is 16.7 Å². The summed E-state index contributed by atoms with van der Waals surface area (Å²) in [5, 5.41) is 7.13. The number of thiocarbonyl (C=S) groups is 1. The normalized spacial score (nSPS) is 16.9. The minimum atomic E-state index is -0.130. The zero-order valence-electron chi connectivity index (χ0n) is 22.2. The molecule has 2 atom stereocenters. The van der Waals surface area contributed by atoms with Crippen LogP contribution in [0, 0.1) is 27.7 Å². The number of amides is 1. The molecule has 3 heterocycles. The smallest absolute Gasteiger partial charge is 0.226 e. The van der Waals surface area contributed by atoms with E-state index in [2.05, 4.69) is 77.0 Å². The number of nitrogens with one attached hydrogen (secondary N) is 2. The Hall–Kier alpha value is -3.97. The summed E-state index contributed by atoms with van der Waals surface area (Å²) in [6, 6.07) is 24.1. The summed E-state index contributed by atoms with van der Waals surface area (Å²) in [7, 11) is 0. The first-order valence-corrected chi connectivity index (χ1v) is 13.3. The van der Waals surface area contributed by atoms with Crippen molar-refractivity contribution in [3.63, 3.8) is 0 Å². The number of hydrogen-bond acceptors (Lipinski definition) is 3. The summed E-state index contributed by atoms with van der Waals surface area (Å²) < 4.78 is 2.31. The molecule has 0 unspecified atom stereocenters. The van der Waals surface area contributed by atoms with Crippen molar-refractivity contribution in [2.45, 2.75) is 46.2 Å². The predicted octanol–water partition coefficient (Wildman–Crippen LogP) is 6.11. The quantitative estimate of drug-likeness (QED) is 0.286. The maximum Gasteiger partial charge on any atom is 0.226 e. The van der Waals surface area contributed by atoms with Crippen LogP contribution < -0.4 is 10.6 Å². The molecule has 0 radical (unpaired) electrons. The van der Waals surface area contributed by atoms with Gasteiger partial charge in [0.15, 0.2) is 5.11 Å². The van der Waals surface area contributed by atoms with Gasteiger partial charge in [0.25, 0.3) is 0 Å². The highest BCUT2D eigenvalue weighted by Gasteiger charge is 2.41. The van der Waals surface area contributed by atoms with Crippen LogP contribution in [0.2, 0.25) is 0 Å². The maximum absolute atomic E-state index is 12.8. The van der Waals surface area contributed by atoms with Crippen molar-refractivity contribution in [3.05, 3.63) is 113 Å². The average Bonchev–Trinajstić information content (AvgIpc) is 3.37. The van der Waals surface area contributed by atoms with Crippen molar-refractivity contribution >= 4 is 28.9 Å². The zero-order valence-corrected chi connectivity index (χ0v) is 23.0. The molecule has 7 heteroatoms. The first kappa shape index (κ1) is 25.7. The molecule has 4 aromatic rings. The van der Waals surface area contributed by atoms with Crippen LogP contribution in [0.5, 0.6) is 0 Å². The molecule has 6 nitrogen and oxygen atoms in total. The molecular formula is C31H33N5OS. The van der Waals surface area contributed by atoms with Gasteiger partial charge in [-0.2, -0.15) is 0 Å². The number of hydrogen-bond donors (Lipinski definition) is 2. The number of carbonyl (C=O) groups excluding carboxylic acids is 1. The van der Waals surface area contributed by atoms with Gasteiger partial charge in [-0.15, -0.1) is 0 Å². The number of aromatic nitrogens is 2. The van der Waals surface area contributed by atoms with Gasteiger partial charge >= 0.3 is 0 Å². The van der Waals surface area contributed by atoms with Crippen LogP contribution in [-0.4, -0.2) is 32.0 Å². The standard InChI is InChI=1S/C31H33N5OS/c1-20-16-21(2)18-25(17-20)36-22(3)19-26(23(36)4)30-29(27-12-8-9-14-32-27)34-31(38)35(30)15-13-28(37)33-24-10-6-5-7-11-24/h5-12,14,16-19,29-30H,13,15H2,1-4H3,(H,33,37)(H,34,38)/t29-,30+/m0/s1. The van der Waals surface area contributed by atoms with E-state index in [0.29, 0.717) is 18.1 Å². The number of nitrogens with zero attached hydrogens (tertiary/aromatic N) is 3. The molecule has 1 aliphatic heterocycles. The van der Waals surface area contributed by atoms with Gasteiger partial charge in [0.2, 0.25) is 5.91 Å². The Kier molecular flexibility index (Phi) is 7.29. The fourth-order valence-corrected chi connectivity index (χ4v) is 5.85. The van der Waals surface area contributed by atoms with Crippen molar-refractivity contribution < 1.29 is 4.79 Å². The zero-order chi connectivity index (χ0) is 26.8. The molecule has 0 saturated carbocycles. The SMILES string of the molecule is Cc1cc(C)cc(-n2c(C)cc([C@@H]3[C@H](c4ccccn4)NC(=S)N3CCC(=O)Nc3ccccc3)c2C)c1. The second-order valence-corrected chi connectivity index (χ2v) is 10.4. The van der Waals surface area contributed by atoms with Crippen LogP contribution in [0.4, 0.5) is 5.69 Å². The first-order chi connectivity index (χ1) is 18.3. The molecule has 1 aliphatic rings. The Labute approximate surface area is 229 Å². The topological polar surface area (TPSA) is 62.2 Å². The number of carbonyl (C=O) groups is 1. The molecular weight excluding hydrogens is 490 g/mol. The number of para-hydroxylation sites is 1. The van der Waals surface area contributed by atoms with Gasteiger partial charge in [0, 0.05) is 41.9 Å². The largest absolute Gasteiger partial charge is 0.352 e. The summed E-state index contributed by atoms with van der Waals surface area (Å²) in [5.74, 6) is -0.0419. The van der Waals surface area contributed by atoms with Gasteiger partial charge in [0.1, 0.15) is 0 Å². The van der Waals surface area contributed by atoms with Crippen LogP contribution in [0.25, 0.3) is 5.69 Å². The van der Waals surface area contributed by atoms with Gasteiger partial charge in [-0.25, -0.2) is 0 Å². The second-order valence-electron chi connectivity index (χ2n) is 9.99. The molecule has 0 aliphatic carbocycles. The first-order valence-electron chi connectivity index (χ1n) is 12.9. The number of rotatable bonds is 7. The fraction of sp³-hybridized carbons (Fsp3) is 0.258. The molecule has 0 spiro atoms. The molecule has 2 aromatic heterocycles. The molecule has 0 bridgehead atoms. The minimum Gasteiger partial charge on any atom is -0.352 e. The van der Waals surface area contributed by atoms with E-state index in [0.717, 1.165) is 28.5 Å². The Morgan fingerprint density at radius 1 is 0.974 bits per heavy atom. The lowest BCUT2D eigenvalue weighted by Gasteiger charge is -2.28. The van der Waals surface area contributed by atoms with E-state index < -0.39 is 0 Å². The summed E-state index contributed by atoms with van der Waals surface area (Å²) in [4.78, 5) is 19.6. The average molecular weight is 524 g/mol. The number of benzene rings is 2. The lowest BCUT2D eigenvalue weighted by atomic mass is 9.96. The van der Waals surface area contributed by atoms with Crippen molar-refractivity contribution in [3.8, 4) is 5.69 Å².